The number of amides is 1. The molecular formula is C27H26FN3O2. The van der Waals surface area contributed by atoms with Gasteiger partial charge in [-0.1, -0.05) is 42.5 Å². The molecule has 3 aromatic carbocycles. The maximum absolute atomic E-state index is 14.3. The summed E-state index contributed by atoms with van der Waals surface area (Å²) in [5.41, 5.74) is 2.32. The van der Waals surface area contributed by atoms with E-state index in [2.05, 4.69) is 10.6 Å². The zero-order valence-corrected chi connectivity index (χ0v) is 18.4. The number of hydrogen-bond acceptors (Lipinski definition) is 3. The van der Waals surface area contributed by atoms with Crippen LogP contribution in [0.1, 0.15) is 31.0 Å². The Balaban J connectivity index is 1.32. The topological polar surface area (TPSA) is 47.4 Å². The second-order valence-electron chi connectivity index (χ2n) is 8.34. The summed E-state index contributed by atoms with van der Waals surface area (Å²) in [5.74, 6) is 1.25. The van der Waals surface area contributed by atoms with Crippen molar-refractivity contribution in [2.75, 3.05) is 18.1 Å². The summed E-state index contributed by atoms with van der Waals surface area (Å²) in [6.07, 6.45) is 2.17. The first kappa shape index (κ1) is 21.2. The predicted molar refractivity (Wildman–Crippen MR) is 127 cm³/mol. The molecule has 0 spiro atoms. The van der Waals surface area contributed by atoms with Crippen molar-refractivity contribution in [3.8, 4) is 5.75 Å². The zero-order chi connectivity index (χ0) is 22.6. The average Bonchev–Trinajstić information content (AvgIpc) is 3.40. The van der Waals surface area contributed by atoms with E-state index in [0.29, 0.717) is 25.3 Å². The van der Waals surface area contributed by atoms with Crippen LogP contribution in [0.25, 0.3) is 11.0 Å². The summed E-state index contributed by atoms with van der Waals surface area (Å²) >= 11 is 0. The highest BCUT2D eigenvalue weighted by Crippen LogP contribution is 2.34. The van der Waals surface area contributed by atoms with Gasteiger partial charge in [0.05, 0.1) is 23.3 Å². The molecule has 1 amide bonds. The van der Waals surface area contributed by atoms with E-state index in [0.717, 1.165) is 42.0 Å². The van der Waals surface area contributed by atoms with Crippen molar-refractivity contribution in [1.29, 1.82) is 0 Å². The Kier molecular flexibility index (Phi) is 6.07. The largest absolute Gasteiger partial charge is 0.494 e. The first-order valence-electron chi connectivity index (χ1n) is 11.4. The lowest BCUT2D eigenvalue weighted by Gasteiger charge is -2.18. The quantitative estimate of drug-likeness (QED) is 0.335. The third-order valence-electron chi connectivity index (χ3n) is 6.11. The number of hydrogen-bond donors (Lipinski definition) is 0. The molecule has 6 heteroatoms. The van der Waals surface area contributed by atoms with Crippen LogP contribution in [0.4, 0.5) is 10.1 Å². The van der Waals surface area contributed by atoms with Gasteiger partial charge < -0.3 is 14.2 Å². The summed E-state index contributed by atoms with van der Waals surface area (Å²) in [6.45, 7) is 1.87. The summed E-state index contributed by atoms with van der Waals surface area (Å²) in [5, 5.41) is 0. The molecule has 33 heavy (non-hydrogen) atoms. The van der Waals surface area contributed by atoms with Crippen LogP contribution in [0.15, 0.2) is 78.9 Å². The minimum atomic E-state index is -0.376. The van der Waals surface area contributed by atoms with E-state index in [9.17, 15) is 9.18 Å². The van der Waals surface area contributed by atoms with Crippen molar-refractivity contribution in [3.63, 3.8) is 0 Å². The molecule has 0 bridgehead atoms. The van der Waals surface area contributed by atoms with Gasteiger partial charge in [0, 0.05) is 25.4 Å². The molecule has 1 fully saturated rings. The molecule has 168 valence electrons. The maximum Gasteiger partial charge on any atom is 0.227 e. The van der Waals surface area contributed by atoms with Gasteiger partial charge >= 0.3 is 0 Å². The number of benzene rings is 3. The third kappa shape index (κ3) is 4.46. The number of rotatable bonds is 8. The normalized spacial score (nSPS) is 16.0. The van der Waals surface area contributed by atoms with Gasteiger partial charge in [0.2, 0.25) is 5.91 Å². The van der Waals surface area contributed by atoms with Crippen molar-refractivity contribution in [2.45, 2.75) is 31.7 Å². The van der Waals surface area contributed by atoms with Crippen LogP contribution in [0.2, 0.25) is 0 Å². The molecule has 0 aliphatic carbocycles. The first-order valence-corrected chi connectivity index (χ1v) is 11.4. The van der Waals surface area contributed by atoms with E-state index >= 15 is 0 Å². The predicted octanol–water partition coefficient (Wildman–Crippen LogP) is 5.56. The number of anilines is 1. The Hall–Kier alpha value is -3.67. The number of fused-ring (bicyclic) bond motifs is 1. The number of imidazole rings is 1. The van der Waals surface area contributed by atoms with Gasteiger partial charge in [-0.3, -0.25) is 4.79 Å². The van der Waals surface area contributed by atoms with Crippen LogP contribution in [-0.4, -0.2) is 28.6 Å². The van der Waals surface area contributed by atoms with Gasteiger partial charge in [0.1, 0.15) is 17.4 Å². The number of para-hydroxylation sites is 4. The molecule has 5 rings (SSSR count). The second kappa shape index (κ2) is 9.45. The Labute approximate surface area is 192 Å². The van der Waals surface area contributed by atoms with Crippen molar-refractivity contribution in [1.82, 2.24) is 9.55 Å². The van der Waals surface area contributed by atoms with Gasteiger partial charge in [-0.2, -0.15) is 0 Å². The lowest BCUT2D eigenvalue weighted by Crippen LogP contribution is -2.25. The van der Waals surface area contributed by atoms with Gasteiger partial charge in [-0.15, -0.1) is 0 Å². The highest BCUT2D eigenvalue weighted by atomic mass is 19.1. The SMILES string of the molecule is O=C1CC(c2nc3ccccc3n2CCCCOc2ccccc2)CN1c1ccccc1F. The number of aromatic nitrogens is 2. The van der Waals surface area contributed by atoms with Crippen LogP contribution in [0.3, 0.4) is 0 Å². The Morgan fingerprint density at radius 3 is 2.55 bits per heavy atom. The number of halogens is 1. The van der Waals surface area contributed by atoms with Crippen molar-refractivity contribution >= 4 is 22.6 Å². The molecule has 0 N–H and O–H groups in total. The Morgan fingerprint density at radius 2 is 1.70 bits per heavy atom. The molecule has 2 heterocycles. The van der Waals surface area contributed by atoms with Gasteiger partial charge in [-0.05, 0) is 49.2 Å². The summed E-state index contributed by atoms with van der Waals surface area (Å²) in [4.78, 5) is 19.2. The van der Waals surface area contributed by atoms with Crippen molar-refractivity contribution in [2.24, 2.45) is 0 Å². The van der Waals surface area contributed by atoms with E-state index in [1.165, 1.54) is 6.07 Å². The molecule has 0 radical (unpaired) electrons. The summed E-state index contributed by atoms with van der Waals surface area (Å²) in [7, 11) is 0. The molecule has 1 aromatic heterocycles. The number of unbranched alkanes of at least 4 members (excludes halogenated alkanes) is 1. The minimum absolute atomic E-state index is 0.0695. The third-order valence-corrected chi connectivity index (χ3v) is 6.11. The Bertz CT molecular complexity index is 1250. The van der Waals surface area contributed by atoms with E-state index in [4.69, 9.17) is 9.72 Å². The van der Waals surface area contributed by atoms with Crippen LogP contribution in [0.5, 0.6) is 5.75 Å². The molecule has 1 aliphatic heterocycles. The fourth-order valence-corrected chi connectivity index (χ4v) is 4.50. The molecular weight excluding hydrogens is 417 g/mol. The number of ether oxygens (including phenoxy) is 1. The number of nitrogens with zero attached hydrogens (tertiary/aromatic N) is 3. The van der Waals surface area contributed by atoms with Crippen molar-refractivity contribution < 1.29 is 13.9 Å². The average molecular weight is 444 g/mol. The molecule has 0 saturated carbocycles. The van der Waals surface area contributed by atoms with Gasteiger partial charge in [0.25, 0.3) is 0 Å². The van der Waals surface area contributed by atoms with E-state index in [1.54, 1.807) is 23.1 Å². The van der Waals surface area contributed by atoms with Crippen LogP contribution < -0.4 is 9.64 Å². The van der Waals surface area contributed by atoms with Gasteiger partial charge in [0.15, 0.2) is 0 Å². The van der Waals surface area contributed by atoms with E-state index in [1.807, 2.05) is 48.5 Å². The Morgan fingerprint density at radius 1 is 0.939 bits per heavy atom. The van der Waals surface area contributed by atoms with E-state index in [-0.39, 0.29) is 17.6 Å². The molecule has 1 atom stereocenters. The molecule has 1 saturated heterocycles. The van der Waals surface area contributed by atoms with Gasteiger partial charge in [-0.25, -0.2) is 9.37 Å². The second-order valence-corrected chi connectivity index (χ2v) is 8.34. The highest BCUT2D eigenvalue weighted by molar-refractivity contribution is 5.96. The molecule has 1 aliphatic rings. The van der Waals surface area contributed by atoms with Crippen LogP contribution in [-0.2, 0) is 11.3 Å². The zero-order valence-electron chi connectivity index (χ0n) is 18.4. The van der Waals surface area contributed by atoms with Crippen LogP contribution >= 0.6 is 0 Å². The lowest BCUT2D eigenvalue weighted by molar-refractivity contribution is -0.117. The van der Waals surface area contributed by atoms with E-state index < -0.39 is 0 Å². The minimum Gasteiger partial charge on any atom is -0.494 e. The first-order chi connectivity index (χ1) is 16.2. The summed E-state index contributed by atoms with van der Waals surface area (Å²) < 4.78 is 22.4. The summed E-state index contributed by atoms with van der Waals surface area (Å²) in [6, 6.07) is 24.3. The van der Waals surface area contributed by atoms with Crippen molar-refractivity contribution in [3.05, 3.63) is 90.5 Å². The van der Waals surface area contributed by atoms with Crippen LogP contribution in [0, 0.1) is 5.82 Å². The number of aryl methyl sites for hydroxylation is 1. The smallest absolute Gasteiger partial charge is 0.227 e. The fraction of sp³-hybridized carbons (Fsp3) is 0.259. The number of carbonyl (C=O) groups is 1. The maximum atomic E-state index is 14.3. The standard InChI is InChI=1S/C27H26FN3O2/c28-22-12-4-6-14-24(22)31-19-20(18-26(31)32)27-29-23-13-5-7-15-25(23)30(27)16-8-9-17-33-21-10-2-1-3-11-21/h1-7,10-15,20H,8-9,16-19H2. The molecule has 1 unspecified atom stereocenters. The monoisotopic (exact) mass is 443 g/mol. The molecule has 4 aromatic rings. The highest BCUT2D eigenvalue weighted by Gasteiger charge is 2.35. The molecule has 5 nitrogen and oxygen atoms in total. The number of carbonyl (C=O) groups excluding carboxylic acids is 1. The lowest BCUT2D eigenvalue weighted by atomic mass is 10.1. The fourth-order valence-electron chi connectivity index (χ4n) is 4.50.